The maximum absolute atomic E-state index is 12.6. The lowest BCUT2D eigenvalue weighted by Crippen LogP contribution is -2.51. The smallest absolute Gasteiger partial charge is 0.303 e. The molecule has 1 saturated heterocycles. The van der Waals surface area contributed by atoms with Crippen LogP contribution < -0.4 is 0 Å². The van der Waals surface area contributed by atoms with Gasteiger partial charge in [-0.3, -0.25) is 9.59 Å². The Bertz CT molecular complexity index is 742. The van der Waals surface area contributed by atoms with Gasteiger partial charge in [-0.25, -0.2) is 8.42 Å². The zero-order chi connectivity index (χ0) is 19.4. The largest absolute Gasteiger partial charge is 0.481 e. The lowest BCUT2D eigenvalue weighted by Gasteiger charge is -2.36. The second-order valence-electron chi connectivity index (χ2n) is 7.01. The Balaban J connectivity index is 1.97. The topological polar surface area (TPSA) is 95.0 Å². The van der Waals surface area contributed by atoms with Crippen LogP contribution >= 0.6 is 0 Å². The van der Waals surface area contributed by atoms with Gasteiger partial charge in [-0.15, -0.1) is 0 Å². The standard InChI is InChI=1S/C18H26N2O5S/c1-3-18(2,14-17(22)23)13-16(21)19-9-11-20(12-10-19)26(24,25)15-7-5-4-6-8-15/h4-8H,3,9-14H2,1-2H3,(H,22,23)/t18-/m1/s1. The Morgan fingerprint density at radius 3 is 2.15 bits per heavy atom. The number of amides is 1. The van der Waals surface area contributed by atoms with E-state index >= 15 is 0 Å². The molecule has 0 radical (unpaired) electrons. The van der Waals surface area contributed by atoms with Gasteiger partial charge < -0.3 is 10.0 Å². The lowest BCUT2D eigenvalue weighted by molar-refractivity contribution is -0.141. The Hall–Kier alpha value is -1.93. The summed E-state index contributed by atoms with van der Waals surface area (Å²) in [6.45, 7) is 4.79. The highest BCUT2D eigenvalue weighted by Crippen LogP contribution is 2.31. The van der Waals surface area contributed by atoms with Gasteiger partial charge in [-0.1, -0.05) is 32.0 Å². The van der Waals surface area contributed by atoms with Crippen LogP contribution in [-0.4, -0.2) is 60.8 Å². The van der Waals surface area contributed by atoms with E-state index in [-0.39, 0.29) is 36.7 Å². The molecule has 144 valence electrons. The quantitative estimate of drug-likeness (QED) is 0.776. The number of hydrogen-bond donors (Lipinski definition) is 1. The minimum absolute atomic E-state index is 0.0579. The molecule has 0 aliphatic carbocycles. The third-order valence-corrected chi connectivity index (χ3v) is 6.89. The van der Waals surface area contributed by atoms with Crippen molar-refractivity contribution in [3.63, 3.8) is 0 Å². The molecule has 2 rings (SSSR count). The molecule has 0 aromatic heterocycles. The van der Waals surface area contributed by atoms with E-state index in [1.54, 1.807) is 42.2 Å². The van der Waals surface area contributed by atoms with Crippen LogP contribution in [0.3, 0.4) is 0 Å². The van der Waals surface area contributed by atoms with Crippen molar-refractivity contribution in [1.29, 1.82) is 0 Å². The minimum Gasteiger partial charge on any atom is -0.481 e. The van der Waals surface area contributed by atoms with Crippen molar-refractivity contribution in [2.24, 2.45) is 5.41 Å². The van der Waals surface area contributed by atoms with Crippen molar-refractivity contribution < 1.29 is 23.1 Å². The number of carbonyl (C=O) groups excluding carboxylic acids is 1. The zero-order valence-corrected chi connectivity index (χ0v) is 16.0. The normalized spacial score (nSPS) is 18.3. The first-order chi connectivity index (χ1) is 12.2. The molecule has 1 aliphatic heterocycles. The average molecular weight is 382 g/mol. The summed E-state index contributed by atoms with van der Waals surface area (Å²) in [7, 11) is -3.55. The second-order valence-corrected chi connectivity index (χ2v) is 8.95. The summed E-state index contributed by atoms with van der Waals surface area (Å²) in [5.41, 5.74) is -0.587. The van der Waals surface area contributed by atoms with Crippen LogP contribution in [0.25, 0.3) is 0 Å². The number of hydrogen-bond acceptors (Lipinski definition) is 4. The van der Waals surface area contributed by atoms with Gasteiger partial charge in [-0.05, 0) is 24.0 Å². The molecule has 1 heterocycles. The fourth-order valence-electron chi connectivity index (χ4n) is 3.07. The van der Waals surface area contributed by atoms with Gasteiger partial charge in [0.25, 0.3) is 0 Å². The Kier molecular flexibility index (Phi) is 6.41. The molecule has 1 atom stereocenters. The van der Waals surface area contributed by atoms with Crippen LogP contribution in [0, 0.1) is 5.41 Å². The predicted octanol–water partition coefficient (Wildman–Crippen LogP) is 1.80. The predicted molar refractivity (Wildman–Crippen MR) is 97.0 cm³/mol. The van der Waals surface area contributed by atoms with E-state index in [1.165, 1.54) is 4.31 Å². The van der Waals surface area contributed by atoms with E-state index in [1.807, 2.05) is 6.92 Å². The van der Waals surface area contributed by atoms with Crippen molar-refractivity contribution >= 4 is 21.9 Å². The van der Waals surface area contributed by atoms with Crippen LogP contribution in [0.4, 0.5) is 0 Å². The molecule has 7 nitrogen and oxygen atoms in total. The fourth-order valence-corrected chi connectivity index (χ4v) is 4.52. The van der Waals surface area contributed by atoms with Gasteiger partial charge >= 0.3 is 5.97 Å². The van der Waals surface area contributed by atoms with E-state index in [2.05, 4.69) is 0 Å². The number of carboxylic acids is 1. The summed E-state index contributed by atoms with van der Waals surface area (Å²) >= 11 is 0. The number of nitrogens with zero attached hydrogens (tertiary/aromatic N) is 2. The van der Waals surface area contributed by atoms with Crippen LogP contribution in [0.2, 0.25) is 0 Å². The van der Waals surface area contributed by atoms with Crippen LogP contribution in [-0.2, 0) is 19.6 Å². The summed E-state index contributed by atoms with van der Waals surface area (Å²) in [5, 5.41) is 9.04. The van der Waals surface area contributed by atoms with Crippen LogP contribution in [0.5, 0.6) is 0 Å². The van der Waals surface area contributed by atoms with Gasteiger partial charge in [0.15, 0.2) is 0 Å². The third-order valence-electron chi connectivity index (χ3n) is 4.98. The molecular weight excluding hydrogens is 356 g/mol. The number of rotatable bonds is 7. The molecule has 0 spiro atoms. The maximum Gasteiger partial charge on any atom is 0.303 e. The highest BCUT2D eigenvalue weighted by molar-refractivity contribution is 7.89. The van der Waals surface area contributed by atoms with Gasteiger partial charge in [0.2, 0.25) is 15.9 Å². The molecule has 1 fully saturated rings. The lowest BCUT2D eigenvalue weighted by atomic mass is 9.80. The molecular formula is C18H26N2O5S. The van der Waals surface area contributed by atoms with Crippen molar-refractivity contribution in [3.05, 3.63) is 30.3 Å². The molecule has 0 unspecified atom stereocenters. The third kappa shape index (κ3) is 4.82. The number of carbonyl (C=O) groups is 2. The molecule has 26 heavy (non-hydrogen) atoms. The van der Waals surface area contributed by atoms with Crippen LogP contribution in [0.15, 0.2) is 35.2 Å². The van der Waals surface area contributed by atoms with E-state index in [0.717, 1.165) is 0 Å². The highest BCUT2D eigenvalue weighted by Gasteiger charge is 2.34. The van der Waals surface area contributed by atoms with Gasteiger partial charge in [0.1, 0.15) is 0 Å². The van der Waals surface area contributed by atoms with E-state index in [0.29, 0.717) is 19.5 Å². The van der Waals surface area contributed by atoms with E-state index in [4.69, 9.17) is 5.11 Å². The summed E-state index contributed by atoms with van der Waals surface area (Å²) in [5.74, 6) is -1.03. The SMILES string of the molecule is CC[C@@](C)(CC(=O)O)CC(=O)N1CCN(S(=O)(=O)c2ccccc2)CC1. The van der Waals surface area contributed by atoms with E-state index in [9.17, 15) is 18.0 Å². The maximum atomic E-state index is 12.6. The zero-order valence-electron chi connectivity index (χ0n) is 15.2. The number of sulfonamides is 1. The van der Waals surface area contributed by atoms with Gasteiger partial charge in [0, 0.05) is 32.6 Å². The Morgan fingerprint density at radius 2 is 1.65 bits per heavy atom. The number of benzene rings is 1. The first kappa shape index (κ1) is 20.4. The monoisotopic (exact) mass is 382 g/mol. The first-order valence-electron chi connectivity index (χ1n) is 8.73. The number of carboxylic acid groups (broad SMARTS) is 1. The molecule has 1 aromatic rings. The van der Waals surface area contributed by atoms with E-state index < -0.39 is 21.4 Å². The molecule has 1 aromatic carbocycles. The van der Waals surface area contributed by atoms with Crippen molar-refractivity contribution in [2.75, 3.05) is 26.2 Å². The summed E-state index contributed by atoms with van der Waals surface area (Å²) < 4.78 is 26.6. The summed E-state index contributed by atoms with van der Waals surface area (Å²) in [6.07, 6.45) is 0.687. The molecule has 0 saturated carbocycles. The molecule has 1 N–H and O–H groups in total. The van der Waals surface area contributed by atoms with Crippen molar-refractivity contribution in [3.8, 4) is 0 Å². The molecule has 1 aliphatic rings. The molecule has 1 amide bonds. The second kappa shape index (κ2) is 8.18. The Labute approximate surface area is 154 Å². The fraction of sp³-hybridized carbons (Fsp3) is 0.556. The number of piperazine rings is 1. The molecule has 0 bridgehead atoms. The average Bonchev–Trinajstić information content (AvgIpc) is 2.62. The van der Waals surface area contributed by atoms with Gasteiger partial charge in [-0.2, -0.15) is 4.31 Å². The summed E-state index contributed by atoms with van der Waals surface area (Å²) in [6, 6.07) is 8.25. The first-order valence-corrected chi connectivity index (χ1v) is 10.2. The molecule has 8 heteroatoms. The number of aliphatic carboxylic acids is 1. The summed E-state index contributed by atoms with van der Waals surface area (Å²) in [4.78, 5) is 25.4. The van der Waals surface area contributed by atoms with Crippen molar-refractivity contribution in [2.45, 2.75) is 38.0 Å². The van der Waals surface area contributed by atoms with Crippen LogP contribution in [0.1, 0.15) is 33.1 Å². The van der Waals surface area contributed by atoms with Crippen molar-refractivity contribution in [1.82, 2.24) is 9.21 Å². The highest BCUT2D eigenvalue weighted by atomic mass is 32.2. The Morgan fingerprint density at radius 1 is 1.08 bits per heavy atom. The van der Waals surface area contributed by atoms with Gasteiger partial charge in [0.05, 0.1) is 11.3 Å². The minimum atomic E-state index is -3.55.